The Hall–Kier alpha value is -1.66. The fraction of sp³-hybridized carbons (Fsp3) is 0.571. The normalized spacial score (nSPS) is 23.1. The quantitative estimate of drug-likeness (QED) is 0.838. The molecule has 0 amide bonds. The maximum absolute atomic E-state index is 5.50. The van der Waals surface area contributed by atoms with Crippen molar-refractivity contribution >= 4 is 0 Å². The van der Waals surface area contributed by atoms with E-state index < -0.39 is 0 Å². The molecule has 0 radical (unpaired) electrons. The van der Waals surface area contributed by atoms with Crippen molar-refractivity contribution in [2.75, 3.05) is 19.8 Å². The molecule has 0 N–H and O–H groups in total. The second kappa shape index (κ2) is 5.03. The highest BCUT2D eigenvalue weighted by Crippen LogP contribution is 2.26. The zero-order chi connectivity index (χ0) is 13.4. The lowest BCUT2D eigenvalue weighted by atomic mass is 10.0. The van der Waals surface area contributed by atoms with Crippen LogP contribution in [0, 0.1) is 0 Å². The van der Waals surface area contributed by atoms with Gasteiger partial charge < -0.3 is 9.26 Å². The average molecular weight is 274 g/mol. The fourth-order valence-corrected chi connectivity index (χ4v) is 3.08. The summed E-state index contributed by atoms with van der Waals surface area (Å²) in [7, 11) is 0. The minimum atomic E-state index is 0.551. The summed E-state index contributed by atoms with van der Waals surface area (Å²) in [6.07, 6.45) is 5.81. The van der Waals surface area contributed by atoms with Crippen LogP contribution in [0.3, 0.4) is 0 Å². The summed E-state index contributed by atoms with van der Waals surface area (Å²) in [6.45, 7) is 4.38. The van der Waals surface area contributed by atoms with Gasteiger partial charge >= 0.3 is 0 Å². The molecule has 0 aromatic carbocycles. The van der Waals surface area contributed by atoms with Crippen molar-refractivity contribution < 1.29 is 9.26 Å². The molecule has 2 aromatic rings. The molecule has 6 nitrogen and oxygen atoms in total. The molecular weight excluding hydrogens is 256 g/mol. The van der Waals surface area contributed by atoms with Gasteiger partial charge in [-0.3, -0.25) is 9.58 Å². The van der Waals surface area contributed by atoms with Gasteiger partial charge in [0.1, 0.15) is 11.5 Å². The predicted octanol–water partition coefficient (Wildman–Crippen LogP) is 1.07. The van der Waals surface area contributed by atoms with Gasteiger partial charge in [-0.05, 0) is 12.5 Å². The van der Waals surface area contributed by atoms with Crippen molar-refractivity contribution in [3.05, 3.63) is 35.5 Å². The molecule has 6 heteroatoms. The molecule has 0 spiro atoms. The smallest absolute Gasteiger partial charge is 0.142 e. The molecule has 4 heterocycles. The minimum absolute atomic E-state index is 0.551. The standard InChI is InChI=1S/C14H18N4O2/c1-4-15-18(5-1)9-13-12-8-17(11-3-7-19-10-11)6-2-14(12)20-16-13/h1,4-5,11H,2-3,6-10H2. The maximum Gasteiger partial charge on any atom is 0.142 e. The van der Waals surface area contributed by atoms with Crippen LogP contribution in [0.5, 0.6) is 0 Å². The molecular formula is C14H18N4O2. The maximum atomic E-state index is 5.50. The van der Waals surface area contributed by atoms with Crippen LogP contribution in [0.4, 0.5) is 0 Å². The predicted molar refractivity (Wildman–Crippen MR) is 71.2 cm³/mol. The zero-order valence-corrected chi connectivity index (χ0v) is 11.4. The molecule has 106 valence electrons. The Kier molecular flexibility index (Phi) is 3.05. The lowest BCUT2D eigenvalue weighted by Crippen LogP contribution is -2.39. The Balaban J connectivity index is 1.54. The first-order chi connectivity index (χ1) is 9.90. The van der Waals surface area contributed by atoms with Crippen molar-refractivity contribution in [1.29, 1.82) is 0 Å². The van der Waals surface area contributed by atoms with Crippen LogP contribution >= 0.6 is 0 Å². The van der Waals surface area contributed by atoms with Gasteiger partial charge in [0.25, 0.3) is 0 Å². The van der Waals surface area contributed by atoms with Gasteiger partial charge in [0.05, 0.1) is 13.2 Å². The summed E-state index contributed by atoms with van der Waals surface area (Å²) in [6, 6.07) is 2.48. The Morgan fingerprint density at radius 2 is 2.40 bits per heavy atom. The van der Waals surface area contributed by atoms with Crippen molar-refractivity contribution in [2.45, 2.75) is 32.0 Å². The summed E-state index contributed by atoms with van der Waals surface area (Å²) in [5.74, 6) is 1.04. The van der Waals surface area contributed by atoms with E-state index in [2.05, 4.69) is 15.2 Å². The molecule has 2 aromatic heterocycles. The molecule has 1 unspecified atom stereocenters. The Morgan fingerprint density at radius 1 is 1.40 bits per heavy atom. The van der Waals surface area contributed by atoms with Crippen molar-refractivity contribution in [3.8, 4) is 0 Å². The number of ether oxygens (including phenoxy) is 1. The monoisotopic (exact) mass is 274 g/mol. The number of rotatable bonds is 3. The van der Waals surface area contributed by atoms with Gasteiger partial charge in [-0.15, -0.1) is 0 Å². The molecule has 2 aliphatic rings. The lowest BCUT2D eigenvalue weighted by molar-refractivity contribution is 0.131. The van der Waals surface area contributed by atoms with E-state index in [-0.39, 0.29) is 0 Å². The van der Waals surface area contributed by atoms with Crippen LogP contribution in [0.25, 0.3) is 0 Å². The van der Waals surface area contributed by atoms with Crippen LogP contribution in [0.2, 0.25) is 0 Å². The number of hydrogen-bond donors (Lipinski definition) is 0. The van der Waals surface area contributed by atoms with E-state index in [1.54, 1.807) is 6.20 Å². The Morgan fingerprint density at radius 3 is 3.20 bits per heavy atom. The molecule has 1 atom stereocenters. The van der Waals surface area contributed by atoms with E-state index >= 15 is 0 Å². The topological polar surface area (TPSA) is 56.3 Å². The third kappa shape index (κ3) is 2.14. The Bertz CT molecular complexity index is 572. The van der Waals surface area contributed by atoms with Crippen LogP contribution in [0.15, 0.2) is 23.0 Å². The highest BCUT2D eigenvalue weighted by atomic mass is 16.5. The zero-order valence-electron chi connectivity index (χ0n) is 11.4. The van der Waals surface area contributed by atoms with E-state index in [9.17, 15) is 0 Å². The largest absolute Gasteiger partial charge is 0.380 e. The highest BCUT2D eigenvalue weighted by molar-refractivity contribution is 5.25. The first kappa shape index (κ1) is 12.1. The molecule has 2 aliphatic heterocycles. The van der Waals surface area contributed by atoms with Gasteiger partial charge in [-0.1, -0.05) is 5.16 Å². The molecule has 0 saturated carbocycles. The SMILES string of the molecule is c1cnn(Cc2noc3c2CN(C2CCOC2)CC3)c1. The molecule has 1 saturated heterocycles. The minimum Gasteiger partial charge on any atom is -0.380 e. The third-order valence-electron chi connectivity index (χ3n) is 4.23. The molecule has 20 heavy (non-hydrogen) atoms. The number of nitrogens with zero attached hydrogens (tertiary/aromatic N) is 4. The third-order valence-corrected chi connectivity index (χ3v) is 4.23. The van der Waals surface area contributed by atoms with Crippen molar-refractivity contribution in [2.24, 2.45) is 0 Å². The van der Waals surface area contributed by atoms with Gasteiger partial charge in [0.15, 0.2) is 0 Å². The van der Waals surface area contributed by atoms with E-state index in [1.165, 1.54) is 5.56 Å². The van der Waals surface area contributed by atoms with E-state index in [1.807, 2.05) is 16.9 Å². The highest BCUT2D eigenvalue weighted by Gasteiger charge is 2.30. The van der Waals surface area contributed by atoms with E-state index in [4.69, 9.17) is 9.26 Å². The number of aromatic nitrogens is 3. The van der Waals surface area contributed by atoms with Crippen LogP contribution in [0.1, 0.15) is 23.4 Å². The van der Waals surface area contributed by atoms with Crippen molar-refractivity contribution in [1.82, 2.24) is 19.8 Å². The van der Waals surface area contributed by atoms with Gasteiger partial charge in [0, 0.05) is 50.1 Å². The first-order valence-corrected chi connectivity index (χ1v) is 7.15. The van der Waals surface area contributed by atoms with Crippen LogP contribution in [-0.2, 0) is 24.2 Å². The number of hydrogen-bond acceptors (Lipinski definition) is 5. The second-order valence-corrected chi connectivity index (χ2v) is 5.47. The molecule has 0 bridgehead atoms. The van der Waals surface area contributed by atoms with Crippen LogP contribution in [-0.4, -0.2) is 45.6 Å². The summed E-state index contributed by atoms with van der Waals surface area (Å²) >= 11 is 0. The summed E-state index contributed by atoms with van der Waals surface area (Å²) in [4.78, 5) is 2.50. The summed E-state index contributed by atoms with van der Waals surface area (Å²) in [5.41, 5.74) is 2.26. The van der Waals surface area contributed by atoms with Crippen LogP contribution < -0.4 is 0 Å². The first-order valence-electron chi connectivity index (χ1n) is 7.15. The lowest BCUT2D eigenvalue weighted by Gasteiger charge is -2.30. The van der Waals surface area contributed by atoms with Gasteiger partial charge in [0.2, 0.25) is 0 Å². The molecule has 4 rings (SSSR count). The van der Waals surface area contributed by atoms with Crippen molar-refractivity contribution in [3.63, 3.8) is 0 Å². The van der Waals surface area contributed by atoms with E-state index in [0.717, 1.165) is 50.6 Å². The van der Waals surface area contributed by atoms with E-state index in [0.29, 0.717) is 12.6 Å². The number of fused-ring (bicyclic) bond motifs is 1. The van der Waals surface area contributed by atoms with Gasteiger partial charge in [-0.25, -0.2) is 0 Å². The summed E-state index contributed by atoms with van der Waals surface area (Å²) in [5, 5.41) is 8.48. The van der Waals surface area contributed by atoms with Gasteiger partial charge in [-0.2, -0.15) is 5.10 Å². The average Bonchev–Trinajstić information content (AvgIpc) is 3.20. The molecule has 0 aliphatic carbocycles. The molecule has 1 fully saturated rings. The summed E-state index contributed by atoms with van der Waals surface area (Å²) < 4.78 is 12.9. The Labute approximate surface area is 117 Å². The fourth-order valence-electron chi connectivity index (χ4n) is 3.08. The second-order valence-electron chi connectivity index (χ2n) is 5.47.